The van der Waals surface area contributed by atoms with Crippen molar-refractivity contribution < 1.29 is 13.2 Å². The molecule has 1 amide bonds. The molecule has 0 spiro atoms. The van der Waals surface area contributed by atoms with Crippen LogP contribution in [0.2, 0.25) is 0 Å². The highest BCUT2D eigenvalue weighted by molar-refractivity contribution is 7.91. The van der Waals surface area contributed by atoms with Gasteiger partial charge in [0.1, 0.15) is 4.90 Å². The molecular formula is C21H19NO3S2. The number of sulfone groups is 1. The Morgan fingerprint density at radius 3 is 2.48 bits per heavy atom. The maximum absolute atomic E-state index is 13.1. The van der Waals surface area contributed by atoms with E-state index in [0.29, 0.717) is 12.1 Å². The summed E-state index contributed by atoms with van der Waals surface area (Å²) in [7, 11) is -3.70. The first kappa shape index (κ1) is 17.9. The van der Waals surface area contributed by atoms with Gasteiger partial charge in [-0.2, -0.15) is 0 Å². The highest BCUT2D eigenvalue weighted by Crippen LogP contribution is 2.45. The third-order valence-electron chi connectivity index (χ3n) is 4.82. The highest BCUT2D eigenvalue weighted by atomic mass is 32.2. The third kappa shape index (κ3) is 3.19. The van der Waals surface area contributed by atoms with Crippen molar-refractivity contribution in [1.82, 2.24) is 0 Å². The molecule has 1 aliphatic heterocycles. The number of aryl methyl sites for hydroxylation is 2. The van der Waals surface area contributed by atoms with Crippen molar-refractivity contribution >= 4 is 32.8 Å². The second-order valence-electron chi connectivity index (χ2n) is 6.87. The summed E-state index contributed by atoms with van der Waals surface area (Å²) in [5.74, 6) is -0.284. The largest absolute Gasteiger partial charge is 0.324 e. The Labute approximate surface area is 162 Å². The van der Waals surface area contributed by atoms with E-state index in [1.165, 1.54) is 11.3 Å². The standard InChI is InChI=1S/C21H19NO3S2/c1-13-6-8-16(9-7-13)27(24,25)18-12-26-21-17(11-19(23)22-20(18)21)15-5-3-4-14(2)10-15/h3-10,12,17H,11H2,1-2H3,(H,22,23). The Balaban J connectivity index is 1.83. The van der Waals surface area contributed by atoms with Gasteiger partial charge in [-0.15, -0.1) is 11.3 Å². The van der Waals surface area contributed by atoms with Gasteiger partial charge in [0.15, 0.2) is 0 Å². The number of thiophene rings is 1. The number of carbonyl (C=O) groups excluding carboxylic acids is 1. The van der Waals surface area contributed by atoms with Crippen LogP contribution in [0, 0.1) is 13.8 Å². The van der Waals surface area contributed by atoms with E-state index in [4.69, 9.17) is 0 Å². The van der Waals surface area contributed by atoms with Crippen LogP contribution in [0.5, 0.6) is 0 Å². The average molecular weight is 398 g/mol. The van der Waals surface area contributed by atoms with E-state index >= 15 is 0 Å². The molecule has 3 aromatic rings. The lowest BCUT2D eigenvalue weighted by Crippen LogP contribution is -2.23. The summed E-state index contributed by atoms with van der Waals surface area (Å²) < 4.78 is 26.3. The number of nitrogens with one attached hydrogen (secondary N) is 1. The summed E-state index contributed by atoms with van der Waals surface area (Å²) in [6, 6.07) is 14.8. The Morgan fingerprint density at radius 2 is 1.78 bits per heavy atom. The van der Waals surface area contributed by atoms with Crippen LogP contribution in [-0.2, 0) is 14.6 Å². The lowest BCUT2D eigenvalue weighted by atomic mass is 9.90. The summed E-state index contributed by atoms with van der Waals surface area (Å²) in [6.45, 7) is 3.92. The van der Waals surface area contributed by atoms with Gasteiger partial charge in [-0.3, -0.25) is 4.79 Å². The van der Waals surface area contributed by atoms with Crippen LogP contribution in [0.3, 0.4) is 0 Å². The fourth-order valence-corrected chi connectivity index (χ4v) is 6.31. The van der Waals surface area contributed by atoms with Crippen LogP contribution in [0.15, 0.2) is 63.7 Å². The van der Waals surface area contributed by atoms with Gasteiger partial charge in [0.05, 0.1) is 10.6 Å². The molecule has 2 aromatic carbocycles. The molecule has 1 unspecified atom stereocenters. The van der Waals surface area contributed by atoms with E-state index in [1.54, 1.807) is 29.6 Å². The molecule has 138 valence electrons. The molecule has 0 bridgehead atoms. The Morgan fingerprint density at radius 1 is 1.04 bits per heavy atom. The fraction of sp³-hybridized carbons (Fsp3) is 0.190. The molecule has 0 radical (unpaired) electrons. The maximum Gasteiger partial charge on any atom is 0.225 e. The number of carbonyl (C=O) groups is 1. The molecule has 1 aliphatic rings. The molecule has 1 aromatic heterocycles. The van der Waals surface area contributed by atoms with Gasteiger partial charge < -0.3 is 5.32 Å². The molecule has 0 saturated heterocycles. The van der Waals surface area contributed by atoms with Crippen LogP contribution < -0.4 is 5.32 Å². The van der Waals surface area contributed by atoms with Gasteiger partial charge in [0.2, 0.25) is 15.7 Å². The molecule has 4 rings (SSSR count). The Hall–Kier alpha value is -2.44. The number of benzene rings is 2. The van der Waals surface area contributed by atoms with Crippen molar-refractivity contribution in [3.8, 4) is 0 Å². The summed E-state index contributed by atoms with van der Waals surface area (Å²) in [4.78, 5) is 13.7. The minimum Gasteiger partial charge on any atom is -0.324 e. The van der Waals surface area contributed by atoms with Crippen molar-refractivity contribution in [2.75, 3.05) is 5.32 Å². The first-order valence-corrected chi connectivity index (χ1v) is 11.0. The molecule has 1 N–H and O–H groups in total. The minimum atomic E-state index is -3.70. The fourth-order valence-electron chi connectivity index (χ4n) is 3.40. The predicted octanol–water partition coefficient (Wildman–Crippen LogP) is 4.67. The quantitative estimate of drug-likeness (QED) is 0.698. The minimum absolute atomic E-state index is 0.124. The molecule has 6 heteroatoms. The summed E-state index contributed by atoms with van der Waals surface area (Å²) in [5.41, 5.74) is 3.58. The van der Waals surface area contributed by atoms with E-state index in [0.717, 1.165) is 21.6 Å². The normalized spacial score (nSPS) is 16.7. The molecule has 0 saturated carbocycles. The Bertz CT molecular complexity index is 1130. The van der Waals surface area contributed by atoms with Crippen molar-refractivity contribution in [3.05, 3.63) is 75.5 Å². The van der Waals surface area contributed by atoms with Crippen LogP contribution >= 0.6 is 11.3 Å². The SMILES string of the molecule is Cc1ccc(S(=O)(=O)c2csc3c2NC(=O)CC3c2cccc(C)c2)cc1. The summed E-state index contributed by atoms with van der Waals surface area (Å²) in [5, 5.41) is 4.45. The predicted molar refractivity (Wildman–Crippen MR) is 107 cm³/mol. The first-order chi connectivity index (χ1) is 12.9. The smallest absolute Gasteiger partial charge is 0.225 e. The molecule has 1 atom stereocenters. The van der Waals surface area contributed by atoms with E-state index in [9.17, 15) is 13.2 Å². The van der Waals surface area contributed by atoms with Gasteiger partial charge in [-0.1, -0.05) is 47.5 Å². The van der Waals surface area contributed by atoms with Gasteiger partial charge in [0.25, 0.3) is 0 Å². The molecule has 2 heterocycles. The number of amides is 1. The van der Waals surface area contributed by atoms with E-state index in [2.05, 4.69) is 11.4 Å². The van der Waals surface area contributed by atoms with E-state index in [-0.39, 0.29) is 21.6 Å². The zero-order valence-electron chi connectivity index (χ0n) is 15.0. The second kappa shape index (κ2) is 6.62. The zero-order chi connectivity index (χ0) is 19.2. The monoisotopic (exact) mass is 397 g/mol. The Kier molecular flexibility index (Phi) is 4.40. The molecular weight excluding hydrogens is 378 g/mol. The van der Waals surface area contributed by atoms with Crippen molar-refractivity contribution in [2.24, 2.45) is 0 Å². The third-order valence-corrected chi connectivity index (χ3v) is 7.86. The topological polar surface area (TPSA) is 63.2 Å². The van der Waals surface area contributed by atoms with Gasteiger partial charge in [0, 0.05) is 22.6 Å². The highest BCUT2D eigenvalue weighted by Gasteiger charge is 2.34. The van der Waals surface area contributed by atoms with Gasteiger partial charge in [-0.05, 0) is 31.5 Å². The maximum atomic E-state index is 13.1. The zero-order valence-corrected chi connectivity index (χ0v) is 16.7. The summed E-state index contributed by atoms with van der Waals surface area (Å²) in [6.07, 6.45) is 0.320. The lowest BCUT2D eigenvalue weighted by Gasteiger charge is -2.24. The number of fused-ring (bicyclic) bond motifs is 1. The second-order valence-corrected chi connectivity index (χ2v) is 9.70. The molecule has 0 fully saturated rings. The summed E-state index contributed by atoms with van der Waals surface area (Å²) >= 11 is 1.39. The first-order valence-electron chi connectivity index (χ1n) is 8.66. The van der Waals surface area contributed by atoms with Crippen LogP contribution in [0.25, 0.3) is 0 Å². The number of anilines is 1. The number of hydrogen-bond donors (Lipinski definition) is 1. The lowest BCUT2D eigenvalue weighted by molar-refractivity contribution is -0.116. The van der Waals surface area contributed by atoms with Crippen molar-refractivity contribution in [2.45, 2.75) is 36.0 Å². The molecule has 0 aliphatic carbocycles. The number of rotatable bonds is 3. The van der Waals surface area contributed by atoms with Crippen molar-refractivity contribution in [3.63, 3.8) is 0 Å². The van der Waals surface area contributed by atoms with E-state index < -0.39 is 9.84 Å². The van der Waals surface area contributed by atoms with E-state index in [1.807, 2.05) is 32.0 Å². The van der Waals surface area contributed by atoms with Crippen LogP contribution in [-0.4, -0.2) is 14.3 Å². The van der Waals surface area contributed by atoms with Crippen LogP contribution in [0.4, 0.5) is 5.69 Å². The molecule has 4 nitrogen and oxygen atoms in total. The number of hydrogen-bond acceptors (Lipinski definition) is 4. The van der Waals surface area contributed by atoms with Gasteiger partial charge >= 0.3 is 0 Å². The van der Waals surface area contributed by atoms with Crippen molar-refractivity contribution in [1.29, 1.82) is 0 Å². The van der Waals surface area contributed by atoms with Crippen LogP contribution in [0.1, 0.15) is 33.9 Å². The molecule has 27 heavy (non-hydrogen) atoms. The average Bonchev–Trinajstić information content (AvgIpc) is 3.06. The van der Waals surface area contributed by atoms with Gasteiger partial charge in [-0.25, -0.2) is 8.42 Å².